The van der Waals surface area contributed by atoms with Gasteiger partial charge in [0.25, 0.3) is 5.69 Å². The average molecular weight is 485 g/mol. The zero-order chi connectivity index (χ0) is 24.1. The smallest absolute Gasteiger partial charge is 0.289 e. The summed E-state index contributed by atoms with van der Waals surface area (Å²) in [6.07, 6.45) is 2.36. The summed E-state index contributed by atoms with van der Waals surface area (Å²) in [5.41, 5.74) is 0.429. The normalized spacial score (nSPS) is 11.8. The molecule has 0 N–H and O–H groups in total. The fourth-order valence-electron chi connectivity index (χ4n) is 3.28. The molecular weight excluding hydrogens is 456 g/mol. The third-order valence-electron chi connectivity index (χ3n) is 4.88. The minimum absolute atomic E-state index is 0.101. The maximum atomic E-state index is 13.2. The summed E-state index contributed by atoms with van der Waals surface area (Å²) in [6.45, 7) is 6.34. The van der Waals surface area contributed by atoms with Crippen molar-refractivity contribution in [2.24, 2.45) is 13.0 Å². The third kappa shape index (κ3) is 6.30. The molecule has 0 radical (unpaired) electrons. The lowest BCUT2D eigenvalue weighted by atomic mass is 10.2. The molecule has 1 amide bonds. The fraction of sp³-hybridized carbons (Fsp3) is 0.476. The van der Waals surface area contributed by atoms with Crippen LogP contribution in [0.3, 0.4) is 0 Å². The number of nitro groups is 1. The van der Waals surface area contributed by atoms with E-state index >= 15 is 0 Å². The molecule has 0 aliphatic rings. The Balaban J connectivity index is 2.33. The van der Waals surface area contributed by atoms with Gasteiger partial charge in [-0.3, -0.25) is 14.9 Å². The summed E-state index contributed by atoms with van der Waals surface area (Å²) >= 11 is 5.82. The molecule has 2 aromatic rings. The second-order valence-electron chi connectivity index (χ2n) is 7.99. The topological polar surface area (TPSA) is 106 Å². The van der Waals surface area contributed by atoms with Crippen molar-refractivity contribution in [3.05, 3.63) is 57.4 Å². The predicted octanol–water partition coefficient (Wildman–Crippen LogP) is 3.67. The van der Waals surface area contributed by atoms with E-state index in [1.54, 1.807) is 11.8 Å². The number of rotatable bonds is 11. The van der Waals surface area contributed by atoms with Crippen molar-refractivity contribution in [3.8, 4) is 0 Å². The molecule has 0 bridgehead atoms. The van der Waals surface area contributed by atoms with E-state index in [1.165, 1.54) is 12.1 Å². The van der Waals surface area contributed by atoms with Crippen LogP contribution in [0.15, 0.2) is 41.4 Å². The maximum absolute atomic E-state index is 13.2. The van der Waals surface area contributed by atoms with Gasteiger partial charge < -0.3 is 9.47 Å². The van der Waals surface area contributed by atoms with Gasteiger partial charge >= 0.3 is 0 Å². The number of hydrogen-bond donors (Lipinski definition) is 0. The van der Waals surface area contributed by atoms with Crippen LogP contribution in [0.25, 0.3) is 0 Å². The van der Waals surface area contributed by atoms with Crippen molar-refractivity contribution in [1.82, 2.24) is 13.8 Å². The summed E-state index contributed by atoms with van der Waals surface area (Å²) in [5, 5.41) is 11.0. The summed E-state index contributed by atoms with van der Waals surface area (Å²) in [4.78, 5) is 25.0. The highest BCUT2D eigenvalue weighted by Gasteiger charge is 2.30. The number of carbonyl (C=O) groups is 1. The van der Waals surface area contributed by atoms with Crippen LogP contribution >= 0.6 is 11.6 Å². The van der Waals surface area contributed by atoms with E-state index in [4.69, 9.17) is 11.6 Å². The Bertz CT molecular complexity index is 1070. The lowest BCUT2D eigenvalue weighted by Crippen LogP contribution is -2.44. The molecule has 0 saturated heterocycles. The maximum Gasteiger partial charge on any atom is 0.289 e. The first-order valence-electron chi connectivity index (χ1n) is 10.3. The zero-order valence-electron chi connectivity index (χ0n) is 18.7. The monoisotopic (exact) mass is 484 g/mol. The first kappa shape index (κ1) is 25.8. The number of aromatic nitrogens is 1. The van der Waals surface area contributed by atoms with Crippen molar-refractivity contribution in [3.63, 3.8) is 0 Å². The van der Waals surface area contributed by atoms with E-state index in [-0.39, 0.29) is 34.8 Å². The third-order valence-corrected chi connectivity index (χ3v) is 7.04. The van der Waals surface area contributed by atoms with Gasteiger partial charge in [0.2, 0.25) is 15.9 Å². The zero-order valence-corrected chi connectivity index (χ0v) is 20.3. The Kier molecular flexibility index (Phi) is 8.82. The number of amides is 1. The highest BCUT2D eigenvalue weighted by molar-refractivity contribution is 7.89. The number of carbonyl (C=O) groups excluding carboxylic acids is 1. The number of benzene rings is 1. The average Bonchev–Trinajstić information content (AvgIpc) is 3.11. The van der Waals surface area contributed by atoms with Crippen molar-refractivity contribution in [2.45, 2.75) is 38.6 Å². The fourth-order valence-corrected chi connectivity index (χ4v) is 4.97. The van der Waals surface area contributed by atoms with Gasteiger partial charge in [0.05, 0.1) is 22.9 Å². The van der Waals surface area contributed by atoms with Gasteiger partial charge in [-0.05, 0) is 36.6 Å². The molecule has 176 valence electrons. The summed E-state index contributed by atoms with van der Waals surface area (Å²) in [7, 11) is -2.26. The number of nitro benzene ring substituents is 1. The summed E-state index contributed by atoms with van der Waals surface area (Å²) in [6, 6.07) is 7.12. The molecule has 1 aromatic heterocycles. The highest BCUT2D eigenvalue weighted by Crippen LogP contribution is 2.28. The lowest BCUT2D eigenvalue weighted by molar-refractivity contribution is -0.384. The van der Waals surface area contributed by atoms with Crippen LogP contribution < -0.4 is 0 Å². The standard InChI is InChI=1S/C21H29ClN4O5S/c1-5-10-25(32(30,31)18-8-9-19(22)20(12-18)26(28)29)15-21(27)24(13-16(2)3)14-17-7-6-11-23(17)4/h6-9,11-12,16H,5,10,13-15H2,1-4H3. The van der Waals surface area contributed by atoms with E-state index < -0.39 is 20.6 Å². The van der Waals surface area contributed by atoms with E-state index in [0.29, 0.717) is 19.5 Å². The van der Waals surface area contributed by atoms with Crippen molar-refractivity contribution < 1.29 is 18.1 Å². The Hall–Kier alpha value is -2.43. The van der Waals surface area contributed by atoms with Gasteiger partial charge in [-0.25, -0.2) is 8.42 Å². The van der Waals surface area contributed by atoms with Gasteiger partial charge in [0, 0.05) is 38.1 Å². The molecule has 0 saturated carbocycles. The van der Waals surface area contributed by atoms with Gasteiger partial charge in [-0.2, -0.15) is 4.31 Å². The molecule has 0 aliphatic heterocycles. The number of sulfonamides is 1. The molecule has 2 rings (SSSR count). The van der Waals surface area contributed by atoms with E-state index in [9.17, 15) is 23.3 Å². The van der Waals surface area contributed by atoms with Gasteiger partial charge in [0.15, 0.2) is 0 Å². The van der Waals surface area contributed by atoms with Crippen LogP contribution in [-0.4, -0.2) is 52.7 Å². The Morgan fingerprint density at radius 2 is 1.97 bits per heavy atom. The number of hydrogen-bond acceptors (Lipinski definition) is 5. The van der Waals surface area contributed by atoms with Crippen LogP contribution in [0.4, 0.5) is 5.69 Å². The minimum Gasteiger partial charge on any atom is -0.353 e. The first-order valence-corrected chi connectivity index (χ1v) is 12.1. The van der Waals surface area contributed by atoms with Gasteiger partial charge in [0.1, 0.15) is 5.02 Å². The Labute approximate surface area is 193 Å². The summed E-state index contributed by atoms with van der Waals surface area (Å²) in [5.74, 6) is -0.144. The quantitative estimate of drug-likeness (QED) is 0.357. The molecule has 1 aromatic carbocycles. The van der Waals surface area contributed by atoms with Crippen LogP contribution in [-0.2, 0) is 28.4 Å². The number of halogens is 1. The van der Waals surface area contributed by atoms with Crippen LogP contribution in [0.2, 0.25) is 5.02 Å². The van der Waals surface area contributed by atoms with Gasteiger partial charge in [-0.15, -0.1) is 0 Å². The van der Waals surface area contributed by atoms with Crippen molar-refractivity contribution >= 4 is 33.2 Å². The molecule has 0 fully saturated rings. The van der Waals surface area contributed by atoms with Crippen molar-refractivity contribution in [2.75, 3.05) is 19.6 Å². The van der Waals surface area contributed by atoms with Gasteiger partial charge in [-0.1, -0.05) is 32.4 Å². The van der Waals surface area contributed by atoms with E-state index in [2.05, 4.69) is 0 Å². The Morgan fingerprint density at radius 3 is 2.50 bits per heavy atom. The SMILES string of the molecule is CCCN(CC(=O)N(Cc1cccn1C)CC(C)C)S(=O)(=O)c1ccc(Cl)c([N+](=O)[O-])c1. The number of aryl methyl sites for hydroxylation is 1. The molecule has 1 heterocycles. The highest BCUT2D eigenvalue weighted by atomic mass is 35.5. The Morgan fingerprint density at radius 1 is 1.28 bits per heavy atom. The molecule has 0 unspecified atom stereocenters. The number of nitrogens with zero attached hydrogens (tertiary/aromatic N) is 4. The van der Waals surface area contributed by atoms with E-state index in [0.717, 1.165) is 16.1 Å². The van der Waals surface area contributed by atoms with E-state index in [1.807, 2.05) is 43.8 Å². The predicted molar refractivity (Wildman–Crippen MR) is 123 cm³/mol. The van der Waals surface area contributed by atoms with Crippen molar-refractivity contribution in [1.29, 1.82) is 0 Å². The molecule has 0 aliphatic carbocycles. The summed E-state index contributed by atoms with van der Waals surface area (Å²) < 4.78 is 29.5. The minimum atomic E-state index is -4.15. The molecule has 32 heavy (non-hydrogen) atoms. The van der Waals surface area contributed by atoms with Crippen LogP contribution in [0.1, 0.15) is 32.9 Å². The second-order valence-corrected chi connectivity index (χ2v) is 10.3. The molecule has 9 nitrogen and oxygen atoms in total. The molecule has 0 atom stereocenters. The molecule has 0 spiro atoms. The largest absolute Gasteiger partial charge is 0.353 e. The van der Waals surface area contributed by atoms with Crippen LogP contribution in [0.5, 0.6) is 0 Å². The van der Waals surface area contributed by atoms with Crippen LogP contribution in [0, 0.1) is 16.0 Å². The molecule has 11 heteroatoms. The lowest BCUT2D eigenvalue weighted by Gasteiger charge is -2.28. The first-order chi connectivity index (χ1) is 15.0. The molecular formula is C21H29ClN4O5S. The second kappa shape index (κ2) is 10.9.